The molecule has 0 bridgehead atoms. The van der Waals surface area contributed by atoms with Crippen LogP contribution in [0.4, 0.5) is 0 Å². The first-order chi connectivity index (χ1) is 8.98. The maximum absolute atomic E-state index is 10.6. The Morgan fingerprint density at radius 3 is 2.58 bits per heavy atom. The fourth-order valence-electron chi connectivity index (χ4n) is 2.82. The monoisotopic (exact) mass is 261 g/mol. The van der Waals surface area contributed by atoms with E-state index >= 15 is 0 Å². The van der Waals surface area contributed by atoms with Gasteiger partial charge in [0.05, 0.1) is 17.7 Å². The predicted octanol–water partition coefficient (Wildman–Crippen LogP) is 3.22. The van der Waals surface area contributed by atoms with Crippen molar-refractivity contribution in [1.82, 2.24) is 9.78 Å². The van der Waals surface area contributed by atoms with Crippen molar-refractivity contribution in [3.63, 3.8) is 0 Å². The molecule has 1 saturated carbocycles. The minimum Gasteiger partial charge on any atom is -0.387 e. The molecule has 19 heavy (non-hydrogen) atoms. The third kappa shape index (κ3) is 2.66. The topological polar surface area (TPSA) is 61.8 Å². The number of rotatable bonds is 3. The van der Waals surface area contributed by atoms with Crippen LogP contribution in [0.1, 0.15) is 64.2 Å². The first-order valence-corrected chi connectivity index (χ1v) is 7.12. The molecule has 1 unspecified atom stereocenters. The summed E-state index contributed by atoms with van der Waals surface area (Å²) in [6, 6.07) is 2.66. The Morgan fingerprint density at radius 2 is 2.11 bits per heavy atom. The van der Waals surface area contributed by atoms with Gasteiger partial charge in [0.1, 0.15) is 6.10 Å². The molecular formula is C15H23N3O. The van der Waals surface area contributed by atoms with Crippen LogP contribution in [-0.4, -0.2) is 14.9 Å². The standard InChI is InChI=1S/C15H23N3O/c1-11(2)18-9-13(8-17-18)14(19)15(10-16)6-4-12(3)5-7-15/h8-9,11-12,14,19H,4-7H2,1-3H3. The zero-order valence-electron chi connectivity index (χ0n) is 12.0. The van der Waals surface area contributed by atoms with Crippen molar-refractivity contribution in [1.29, 1.82) is 5.26 Å². The maximum atomic E-state index is 10.6. The summed E-state index contributed by atoms with van der Waals surface area (Å²) < 4.78 is 1.83. The second-order valence-corrected chi connectivity index (χ2v) is 6.20. The Hall–Kier alpha value is -1.34. The van der Waals surface area contributed by atoms with Gasteiger partial charge in [-0.2, -0.15) is 10.4 Å². The van der Waals surface area contributed by atoms with E-state index in [0.29, 0.717) is 5.92 Å². The second-order valence-electron chi connectivity index (χ2n) is 6.20. The summed E-state index contributed by atoms with van der Waals surface area (Å²) in [5.41, 5.74) is 0.141. The number of hydrogen-bond donors (Lipinski definition) is 1. The van der Waals surface area contributed by atoms with E-state index in [-0.39, 0.29) is 6.04 Å². The molecule has 1 fully saturated rings. The van der Waals surface area contributed by atoms with E-state index in [2.05, 4.69) is 18.1 Å². The summed E-state index contributed by atoms with van der Waals surface area (Å²) in [4.78, 5) is 0. The quantitative estimate of drug-likeness (QED) is 0.908. The van der Waals surface area contributed by atoms with Crippen molar-refractivity contribution >= 4 is 0 Å². The van der Waals surface area contributed by atoms with Crippen LogP contribution in [-0.2, 0) is 0 Å². The molecule has 0 amide bonds. The number of hydrogen-bond acceptors (Lipinski definition) is 3. The molecule has 0 radical (unpaired) electrons. The summed E-state index contributed by atoms with van der Waals surface area (Å²) in [6.07, 6.45) is 6.43. The van der Waals surface area contributed by atoms with Gasteiger partial charge in [0.15, 0.2) is 0 Å². The van der Waals surface area contributed by atoms with Gasteiger partial charge in [0, 0.05) is 17.8 Å². The lowest BCUT2D eigenvalue weighted by molar-refractivity contribution is 0.0266. The predicted molar refractivity (Wildman–Crippen MR) is 73.2 cm³/mol. The van der Waals surface area contributed by atoms with Gasteiger partial charge in [-0.25, -0.2) is 0 Å². The molecule has 2 rings (SSSR count). The molecule has 1 N–H and O–H groups in total. The van der Waals surface area contributed by atoms with Crippen LogP contribution in [0.3, 0.4) is 0 Å². The summed E-state index contributed by atoms with van der Waals surface area (Å²) in [5, 5.41) is 24.4. The van der Waals surface area contributed by atoms with Crippen molar-refractivity contribution in [3.8, 4) is 6.07 Å². The van der Waals surface area contributed by atoms with Crippen LogP contribution in [0, 0.1) is 22.7 Å². The molecule has 0 spiro atoms. The smallest absolute Gasteiger partial charge is 0.101 e. The highest BCUT2D eigenvalue weighted by atomic mass is 16.3. The highest BCUT2D eigenvalue weighted by Crippen LogP contribution is 2.46. The van der Waals surface area contributed by atoms with E-state index in [9.17, 15) is 10.4 Å². The molecule has 1 aliphatic carbocycles. The van der Waals surface area contributed by atoms with E-state index in [0.717, 1.165) is 31.2 Å². The fraction of sp³-hybridized carbons (Fsp3) is 0.733. The SMILES string of the molecule is CC1CCC(C#N)(C(O)c2cnn(C(C)C)c2)CC1. The lowest BCUT2D eigenvalue weighted by atomic mass is 9.67. The third-order valence-electron chi connectivity index (χ3n) is 4.38. The van der Waals surface area contributed by atoms with Gasteiger partial charge in [-0.3, -0.25) is 4.68 Å². The molecule has 1 atom stereocenters. The molecule has 0 aromatic carbocycles. The average molecular weight is 261 g/mol. The lowest BCUT2D eigenvalue weighted by Crippen LogP contribution is -2.31. The van der Waals surface area contributed by atoms with E-state index in [1.807, 2.05) is 24.7 Å². The zero-order chi connectivity index (χ0) is 14.0. The number of aliphatic hydroxyl groups is 1. The Labute approximate surface area is 115 Å². The van der Waals surface area contributed by atoms with Crippen LogP contribution in [0.5, 0.6) is 0 Å². The summed E-state index contributed by atoms with van der Waals surface area (Å²) in [6.45, 7) is 6.31. The molecule has 1 aliphatic rings. The molecule has 4 nitrogen and oxygen atoms in total. The molecule has 1 aromatic heterocycles. The molecule has 1 aromatic rings. The van der Waals surface area contributed by atoms with Crippen LogP contribution in [0.2, 0.25) is 0 Å². The van der Waals surface area contributed by atoms with Crippen molar-refractivity contribution in [2.24, 2.45) is 11.3 Å². The average Bonchev–Trinajstić information content (AvgIpc) is 2.89. The Kier molecular flexibility index (Phi) is 3.96. The Bertz CT molecular complexity index is 464. The minimum atomic E-state index is -0.725. The molecule has 0 saturated heterocycles. The summed E-state index contributed by atoms with van der Waals surface area (Å²) in [7, 11) is 0. The lowest BCUT2D eigenvalue weighted by Gasteiger charge is -2.36. The van der Waals surface area contributed by atoms with Crippen LogP contribution in [0.15, 0.2) is 12.4 Å². The van der Waals surface area contributed by atoms with Crippen LogP contribution >= 0.6 is 0 Å². The molecule has 1 heterocycles. The van der Waals surface area contributed by atoms with Gasteiger partial charge in [0.25, 0.3) is 0 Å². The Balaban J connectivity index is 2.21. The first-order valence-electron chi connectivity index (χ1n) is 7.12. The molecule has 0 aliphatic heterocycles. The van der Waals surface area contributed by atoms with Gasteiger partial charge in [-0.15, -0.1) is 0 Å². The number of aliphatic hydroxyl groups excluding tert-OH is 1. The van der Waals surface area contributed by atoms with Crippen molar-refractivity contribution in [3.05, 3.63) is 18.0 Å². The molecular weight excluding hydrogens is 238 g/mol. The van der Waals surface area contributed by atoms with Crippen molar-refractivity contribution in [2.45, 2.75) is 58.6 Å². The van der Waals surface area contributed by atoms with Crippen molar-refractivity contribution in [2.75, 3.05) is 0 Å². The first kappa shape index (κ1) is 14.1. The zero-order valence-corrected chi connectivity index (χ0v) is 12.0. The number of aromatic nitrogens is 2. The number of nitriles is 1. The minimum absolute atomic E-state index is 0.269. The van der Waals surface area contributed by atoms with Gasteiger partial charge in [0.2, 0.25) is 0 Å². The molecule has 104 valence electrons. The van der Waals surface area contributed by atoms with Gasteiger partial charge in [-0.05, 0) is 45.4 Å². The third-order valence-corrected chi connectivity index (χ3v) is 4.38. The highest BCUT2D eigenvalue weighted by molar-refractivity contribution is 5.18. The molecule has 4 heteroatoms. The van der Waals surface area contributed by atoms with Gasteiger partial charge in [-0.1, -0.05) is 6.92 Å². The normalized spacial score (nSPS) is 29.2. The van der Waals surface area contributed by atoms with E-state index in [1.165, 1.54) is 0 Å². The maximum Gasteiger partial charge on any atom is 0.101 e. The van der Waals surface area contributed by atoms with E-state index in [1.54, 1.807) is 6.20 Å². The van der Waals surface area contributed by atoms with Gasteiger partial charge < -0.3 is 5.11 Å². The van der Waals surface area contributed by atoms with E-state index < -0.39 is 11.5 Å². The van der Waals surface area contributed by atoms with Crippen LogP contribution in [0.25, 0.3) is 0 Å². The van der Waals surface area contributed by atoms with E-state index in [4.69, 9.17) is 0 Å². The highest BCUT2D eigenvalue weighted by Gasteiger charge is 2.42. The second kappa shape index (κ2) is 5.34. The van der Waals surface area contributed by atoms with Crippen LogP contribution < -0.4 is 0 Å². The Morgan fingerprint density at radius 1 is 1.47 bits per heavy atom. The summed E-state index contributed by atoms with van der Waals surface area (Å²) >= 11 is 0. The largest absolute Gasteiger partial charge is 0.387 e. The number of nitrogens with zero attached hydrogens (tertiary/aromatic N) is 3. The summed E-state index contributed by atoms with van der Waals surface area (Å²) in [5.74, 6) is 0.659. The van der Waals surface area contributed by atoms with Crippen molar-refractivity contribution < 1.29 is 5.11 Å². The fourth-order valence-corrected chi connectivity index (χ4v) is 2.82. The van der Waals surface area contributed by atoms with Gasteiger partial charge >= 0.3 is 0 Å².